The minimum atomic E-state index is -2.67. The van der Waals surface area contributed by atoms with E-state index in [2.05, 4.69) is 61.5 Å². The van der Waals surface area contributed by atoms with Gasteiger partial charge in [0.1, 0.15) is 5.69 Å². The lowest BCUT2D eigenvalue weighted by Crippen LogP contribution is -2.55. The third-order valence-corrected chi connectivity index (χ3v) is 8.65. The highest BCUT2D eigenvalue weighted by atomic mass is 31.2. The molecule has 2 atom stereocenters. The van der Waals surface area contributed by atoms with Gasteiger partial charge in [0.15, 0.2) is 6.67 Å². The minimum absolute atomic E-state index is 0.426. The van der Waals surface area contributed by atoms with E-state index in [9.17, 15) is 4.57 Å². The maximum absolute atomic E-state index is 14.0. The number of hydrogen-bond donors (Lipinski definition) is 0. The van der Waals surface area contributed by atoms with Crippen LogP contribution in [0.5, 0.6) is 0 Å². The van der Waals surface area contributed by atoms with E-state index in [1.807, 2.05) is 30.9 Å². The highest BCUT2D eigenvalue weighted by Gasteiger charge is 2.49. The van der Waals surface area contributed by atoms with Crippen molar-refractivity contribution in [1.29, 1.82) is 0 Å². The fourth-order valence-corrected chi connectivity index (χ4v) is 6.39. The molecule has 122 valence electrons. The first kappa shape index (κ1) is 15.4. The van der Waals surface area contributed by atoms with Crippen molar-refractivity contribution in [2.75, 3.05) is 32.3 Å². The van der Waals surface area contributed by atoms with Crippen LogP contribution in [0.25, 0.3) is 10.8 Å². The van der Waals surface area contributed by atoms with Gasteiger partial charge in [-0.3, -0.25) is 4.57 Å². The fraction of sp³-hybridized carbons (Fsp3) is 0.200. The largest absolute Gasteiger partial charge is 0.326 e. The Kier molecular flexibility index (Phi) is 3.35. The maximum atomic E-state index is 14.0. The summed E-state index contributed by atoms with van der Waals surface area (Å²) in [7, 11) is 1.52. The molecule has 0 radical (unpaired) electrons. The Bertz CT molecular complexity index is 970. The van der Waals surface area contributed by atoms with E-state index in [1.54, 1.807) is 0 Å². The molecule has 0 amide bonds. The van der Waals surface area contributed by atoms with Crippen molar-refractivity contribution in [1.82, 2.24) is 4.25 Å². The van der Waals surface area contributed by atoms with Crippen molar-refractivity contribution in [3.8, 4) is 0 Å². The summed E-state index contributed by atoms with van der Waals surface area (Å²) in [6.45, 7) is 2.62. The van der Waals surface area contributed by atoms with Crippen LogP contribution in [0, 0.1) is 0 Å². The molecule has 0 saturated carbocycles. The van der Waals surface area contributed by atoms with Crippen LogP contribution in [0.1, 0.15) is 0 Å². The van der Waals surface area contributed by atoms with Crippen molar-refractivity contribution in [3.63, 3.8) is 0 Å². The lowest BCUT2D eigenvalue weighted by atomic mass is 10.1. The zero-order chi connectivity index (χ0) is 16.9. The van der Waals surface area contributed by atoms with E-state index in [0.29, 0.717) is 10.9 Å². The first-order valence-corrected chi connectivity index (χ1v) is 10.3. The van der Waals surface area contributed by atoms with E-state index < -0.39 is 7.29 Å². The van der Waals surface area contributed by atoms with Crippen LogP contribution in [0.2, 0.25) is 0 Å². The first-order chi connectivity index (χ1) is 11.4. The molecule has 4 rings (SSSR count). The van der Waals surface area contributed by atoms with Gasteiger partial charge in [-0.25, -0.2) is 4.25 Å². The number of benzene rings is 3. The third kappa shape index (κ3) is 1.98. The van der Waals surface area contributed by atoms with Gasteiger partial charge in [0.2, 0.25) is 0 Å². The summed E-state index contributed by atoms with van der Waals surface area (Å²) < 4.78 is 14.5. The van der Waals surface area contributed by atoms with E-state index in [1.165, 1.54) is 10.8 Å². The van der Waals surface area contributed by atoms with Crippen LogP contribution in [0.4, 0.5) is 11.4 Å². The molecular formula is C20H22N2OP+. The molecule has 2 unspecified atom stereocenters. The second-order valence-electron chi connectivity index (χ2n) is 6.85. The fourth-order valence-electron chi connectivity index (χ4n) is 3.87. The molecule has 3 nitrogen and oxygen atoms in total. The predicted octanol–water partition coefficient (Wildman–Crippen LogP) is 4.42. The zero-order valence-electron chi connectivity index (χ0n) is 14.3. The lowest BCUT2D eigenvalue weighted by molar-refractivity contribution is 0.466. The van der Waals surface area contributed by atoms with Crippen LogP contribution in [0.15, 0.2) is 66.7 Å². The minimum Gasteiger partial charge on any atom is -0.326 e. The molecular weight excluding hydrogens is 315 g/mol. The molecule has 1 aliphatic heterocycles. The molecule has 0 spiro atoms. The second kappa shape index (κ2) is 5.20. The highest BCUT2D eigenvalue weighted by Crippen LogP contribution is 2.58. The molecule has 0 bridgehead atoms. The van der Waals surface area contributed by atoms with Gasteiger partial charge in [0.05, 0.1) is 18.0 Å². The normalized spacial score (nSPS) is 26.4. The van der Waals surface area contributed by atoms with Crippen molar-refractivity contribution < 1.29 is 4.57 Å². The third-order valence-electron chi connectivity index (χ3n) is 5.35. The summed E-state index contributed by atoms with van der Waals surface area (Å²) in [6, 6.07) is 22.7. The number of hydrogen-bond acceptors (Lipinski definition) is 2. The van der Waals surface area contributed by atoms with Gasteiger partial charge >= 0.3 is 0 Å². The summed E-state index contributed by atoms with van der Waals surface area (Å²) in [5.74, 6) is 0. The molecule has 0 saturated heterocycles. The molecule has 0 aliphatic carbocycles. The summed E-state index contributed by atoms with van der Waals surface area (Å²) >= 11 is 0. The zero-order valence-corrected chi connectivity index (χ0v) is 15.2. The Morgan fingerprint density at radius 1 is 0.958 bits per heavy atom. The van der Waals surface area contributed by atoms with Gasteiger partial charge in [-0.2, -0.15) is 0 Å². The monoisotopic (exact) mass is 337 g/mol. The molecule has 3 aromatic rings. The van der Waals surface area contributed by atoms with E-state index in [-0.39, 0.29) is 0 Å². The standard InChI is InChI=1S/C20H22N2OP/c1-21-15-22(2,17-10-5-4-6-11-17)24(3,23)19-14-13-16-9-7-8-12-18(16)20(19)21/h4-14H,15H2,1-3H3/q+1. The number of quaternary nitrogens is 1. The summed E-state index contributed by atoms with van der Waals surface area (Å²) in [6.07, 6.45) is 0. The molecule has 0 fully saturated rings. The van der Waals surface area contributed by atoms with Gasteiger partial charge < -0.3 is 4.90 Å². The molecule has 1 aliphatic rings. The van der Waals surface area contributed by atoms with Gasteiger partial charge in [-0.05, 0) is 23.6 Å². The van der Waals surface area contributed by atoms with Gasteiger partial charge in [0.25, 0.3) is 7.29 Å². The molecule has 0 N–H and O–H groups in total. The Labute approximate surface area is 143 Å². The quantitative estimate of drug-likeness (QED) is 0.613. The summed E-state index contributed by atoms with van der Waals surface area (Å²) in [5, 5.41) is 3.35. The van der Waals surface area contributed by atoms with Crippen molar-refractivity contribution >= 4 is 34.7 Å². The van der Waals surface area contributed by atoms with Crippen molar-refractivity contribution in [2.45, 2.75) is 0 Å². The van der Waals surface area contributed by atoms with Gasteiger partial charge in [-0.15, -0.1) is 0 Å². The highest BCUT2D eigenvalue weighted by molar-refractivity contribution is 7.71. The average Bonchev–Trinajstić information content (AvgIpc) is 2.60. The Hall–Kier alpha value is -2.09. The van der Waals surface area contributed by atoms with E-state index in [4.69, 9.17) is 0 Å². The van der Waals surface area contributed by atoms with E-state index in [0.717, 1.165) is 16.7 Å². The van der Waals surface area contributed by atoms with Crippen LogP contribution in [0.3, 0.4) is 0 Å². The molecule has 24 heavy (non-hydrogen) atoms. The smallest absolute Gasteiger partial charge is 0.282 e. The predicted molar refractivity (Wildman–Crippen MR) is 105 cm³/mol. The van der Waals surface area contributed by atoms with Crippen molar-refractivity contribution in [2.24, 2.45) is 0 Å². The Morgan fingerprint density at radius 3 is 2.38 bits per heavy atom. The Morgan fingerprint density at radius 2 is 1.62 bits per heavy atom. The maximum Gasteiger partial charge on any atom is 0.282 e. The lowest BCUT2D eigenvalue weighted by Gasteiger charge is -2.46. The molecule has 4 heteroatoms. The first-order valence-electron chi connectivity index (χ1n) is 8.18. The summed E-state index contributed by atoms with van der Waals surface area (Å²) in [4.78, 5) is 2.25. The van der Waals surface area contributed by atoms with Crippen LogP contribution >= 0.6 is 7.29 Å². The van der Waals surface area contributed by atoms with E-state index >= 15 is 0 Å². The second-order valence-corrected chi connectivity index (χ2v) is 9.97. The summed E-state index contributed by atoms with van der Waals surface area (Å²) in [5.41, 5.74) is 2.21. The average molecular weight is 337 g/mol. The number of para-hydroxylation sites is 1. The molecule has 1 heterocycles. The SMILES string of the molecule is CN1C[N+](C)(c2ccccc2)P(C)(=O)c2ccc3ccccc3c21. The topological polar surface area (TPSA) is 20.3 Å². The number of fused-ring (bicyclic) bond motifs is 3. The van der Waals surface area contributed by atoms with Crippen LogP contribution in [-0.4, -0.2) is 27.4 Å². The van der Waals surface area contributed by atoms with Crippen LogP contribution in [-0.2, 0) is 4.57 Å². The van der Waals surface area contributed by atoms with Gasteiger partial charge in [-0.1, -0.05) is 48.5 Å². The molecule has 3 aromatic carbocycles. The van der Waals surface area contributed by atoms with Gasteiger partial charge in [0, 0.05) is 19.1 Å². The number of rotatable bonds is 1. The van der Waals surface area contributed by atoms with Crippen molar-refractivity contribution in [3.05, 3.63) is 66.7 Å². The number of nitrogens with zero attached hydrogens (tertiary/aromatic N) is 2. The Balaban J connectivity index is 2.01. The molecule has 0 aromatic heterocycles. The van der Waals surface area contributed by atoms with Crippen LogP contribution < -0.4 is 14.5 Å². The number of anilines is 1.